The van der Waals surface area contributed by atoms with Crippen LogP contribution in [0.25, 0.3) is 11.2 Å². The highest BCUT2D eigenvalue weighted by atomic mass is 16.5. The lowest BCUT2D eigenvalue weighted by Crippen LogP contribution is -2.37. The van der Waals surface area contributed by atoms with E-state index < -0.39 is 5.69 Å². The van der Waals surface area contributed by atoms with Crippen molar-refractivity contribution in [3.05, 3.63) is 20.8 Å². The van der Waals surface area contributed by atoms with Crippen molar-refractivity contribution in [2.24, 2.45) is 14.1 Å². The van der Waals surface area contributed by atoms with Gasteiger partial charge in [0, 0.05) is 20.1 Å². The van der Waals surface area contributed by atoms with Crippen molar-refractivity contribution in [3.8, 4) is 6.01 Å². The first-order chi connectivity index (χ1) is 8.40. The molecule has 18 heavy (non-hydrogen) atoms. The largest absolute Gasteiger partial charge is 0.468 e. The van der Waals surface area contributed by atoms with E-state index in [1.807, 2.05) is 13.8 Å². The Morgan fingerprint density at radius 1 is 1.17 bits per heavy atom. The van der Waals surface area contributed by atoms with Crippen LogP contribution in [0.1, 0.15) is 19.9 Å². The number of rotatable bonds is 2. The van der Waals surface area contributed by atoms with Crippen LogP contribution in [-0.2, 0) is 14.1 Å². The van der Waals surface area contributed by atoms with Crippen molar-refractivity contribution in [2.75, 3.05) is 7.11 Å². The molecular weight excluding hydrogens is 236 g/mol. The smallest absolute Gasteiger partial charge is 0.332 e. The second-order valence-electron chi connectivity index (χ2n) is 4.44. The fourth-order valence-electron chi connectivity index (χ4n) is 2.02. The topological polar surface area (TPSA) is 71.1 Å². The van der Waals surface area contributed by atoms with E-state index in [2.05, 4.69) is 4.98 Å². The SMILES string of the molecule is COc1nc2c(c(=O)n(C)c(=O)n2C)n1C(C)C. The van der Waals surface area contributed by atoms with E-state index in [1.54, 1.807) is 11.6 Å². The minimum absolute atomic E-state index is 0.00940. The van der Waals surface area contributed by atoms with Gasteiger partial charge >= 0.3 is 5.69 Å². The number of methoxy groups -OCH3 is 1. The van der Waals surface area contributed by atoms with Crippen LogP contribution in [0.4, 0.5) is 0 Å². The fraction of sp³-hybridized carbons (Fsp3) is 0.545. The van der Waals surface area contributed by atoms with Crippen LogP contribution >= 0.6 is 0 Å². The number of imidazole rings is 1. The number of hydrogen-bond acceptors (Lipinski definition) is 4. The third-order valence-corrected chi connectivity index (χ3v) is 2.96. The molecule has 0 radical (unpaired) electrons. The Morgan fingerprint density at radius 2 is 1.78 bits per heavy atom. The highest BCUT2D eigenvalue weighted by Crippen LogP contribution is 2.22. The normalized spacial score (nSPS) is 11.4. The Labute approximate surface area is 103 Å². The van der Waals surface area contributed by atoms with Crippen molar-refractivity contribution in [1.29, 1.82) is 0 Å². The van der Waals surface area contributed by atoms with E-state index in [1.165, 1.54) is 18.7 Å². The van der Waals surface area contributed by atoms with E-state index in [9.17, 15) is 9.59 Å². The summed E-state index contributed by atoms with van der Waals surface area (Å²) in [5, 5.41) is 0. The molecule has 2 rings (SSSR count). The van der Waals surface area contributed by atoms with Gasteiger partial charge in [-0.1, -0.05) is 0 Å². The number of hydrogen-bond donors (Lipinski definition) is 0. The first-order valence-corrected chi connectivity index (χ1v) is 5.62. The Balaban J connectivity index is 3.10. The first-order valence-electron chi connectivity index (χ1n) is 5.62. The Morgan fingerprint density at radius 3 is 2.28 bits per heavy atom. The molecule has 0 saturated carbocycles. The molecule has 2 aromatic heterocycles. The number of ether oxygens (including phenoxy) is 1. The maximum atomic E-state index is 12.2. The number of aromatic nitrogens is 4. The molecule has 0 amide bonds. The number of nitrogens with zero attached hydrogens (tertiary/aromatic N) is 4. The summed E-state index contributed by atoms with van der Waals surface area (Å²) in [6.07, 6.45) is 0. The van der Waals surface area contributed by atoms with Crippen molar-refractivity contribution in [3.63, 3.8) is 0 Å². The molecule has 0 N–H and O–H groups in total. The average molecular weight is 252 g/mol. The van der Waals surface area contributed by atoms with Crippen molar-refractivity contribution in [1.82, 2.24) is 18.7 Å². The number of aryl methyl sites for hydroxylation is 1. The van der Waals surface area contributed by atoms with Crippen LogP contribution in [-0.4, -0.2) is 25.8 Å². The Hall–Kier alpha value is -2.05. The minimum Gasteiger partial charge on any atom is -0.468 e. The molecule has 2 aromatic rings. The van der Waals surface area contributed by atoms with Gasteiger partial charge in [0.15, 0.2) is 11.2 Å². The van der Waals surface area contributed by atoms with Gasteiger partial charge in [0.05, 0.1) is 7.11 Å². The predicted octanol–water partition coefficient (Wildman–Crippen LogP) is 0.0232. The van der Waals surface area contributed by atoms with Crippen molar-refractivity contribution in [2.45, 2.75) is 19.9 Å². The molecule has 0 atom stereocenters. The summed E-state index contributed by atoms with van der Waals surface area (Å²) in [6, 6.07) is 0.341. The van der Waals surface area contributed by atoms with Gasteiger partial charge in [-0.25, -0.2) is 4.79 Å². The zero-order valence-electron chi connectivity index (χ0n) is 11.1. The van der Waals surface area contributed by atoms with E-state index in [0.717, 1.165) is 4.57 Å². The van der Waals surface area contributed by atoms with Gasteiger partial charge in [0.2, 0.25) is 0 Å². The summed E-state index contributed by atoms with van der Waals surface area (Å²) in [7, 11) is 4.53. The highest BCUT2D eigenvalue weighted by Gasteiger charge is 2.20. The van der Waals surface area contributed by atoms with Crippen LogP contribution in [0, 0.1) is 0 Å². The summed E-state index contributed by atoms with van der Waals surface area (Å²) < 4.78 is 9.28. The van der Waals surface area contributed by atoms with E-state index in [0.29, 0.717) is 17.2 Å². The van der Waals surface area contributed by atoms with Crippen LogP contribution < -0.4 is 16.0 Å². The van der Waals surface area contributed by atoms with Gasteiger partial charge in [0.1, 0.15) is 0 Å². The third-order valence-electron chi connectivity index (χ3n) is 2.96. The minimum atomic E-state index is -0.399. The molecule has 0 fully saturated rings. The molecule has 7 nitrogen and oxygen atoms in total. The second-order valence-corrected chi connectivity index (χ2v) is 4.44. The monoisotopic (exact) mass is 252 g/mol. The van der Waals surface area contributed by atoms with Gasteiger partial charge in [-0.05, 0) is 13.8 Å². The molecule has 0 aliphatic rings. The maximum Gasteiger partial charge on any atom is 0.332 e. The highest BCUT2D eigenvalue weighted by molar-refractivity contribution is 5.72. The zero-order valence-corrected chi connectivity index (χ0v) is 11.1. The van der Waals surface area contributed by atoms with Crippen molar-refractivity contribution >= 4 is 11.2 Å². The van der Waals surface area contributed by atoms with Crippen molar-refractivity contribution < 1.29 is 4.74 Å². The first kappa shape index (κ1) is 12.4. The summed E-state index contributed by atoms with van der Waals surface area (Å²) in [5.41, 5.74) is -0.0405. The predicted molar refractivity (Wildman–Crippen MR) is 67.2 cm³/mol. The molecule has 0 saturated heterocycles. The van der Waals surface area contributed by atoms with E-state index in [-0.39, 0.29) is 11.6 Å². The van der Waals surface area contributed by atoms with E-state index in [4.69, 9.17) is 4.74 Å². The van der Waals surface area contributed by atoms with Gasteiger partial charge in [-0.3, -0.25) is 18.5 Å². The molecule has 0 spiro atoms. The third kappa shape index (κ3) is 1.47. The molecule has 2 heterocycles. The average Bonchev–Trinajstić information content (AvgIpc) is 2.73. The van der Waals surface area contributed by atoms with Crippen LogP contribution in [0.2, 0.25) is 0 Å². The van der Waals surface area contributed by atoms with E-state index >= 15 is 0 Å². The second kappa shape index (κ2) is 4.01. The standard InChI is InChI=1S/C11H16N4O3/c1-6(2)15-7-8(12-10(15)18-5)13(3)11(17)14(4)9(7)16/h6H,1-5H3. The fourth-order valence-corrected chi connectivity index (χ4v) is 2.02. The van der Waals surface area contributed by atoms with Gasteiger partial charge < -0.3 is 4.74 Å². The van der Waals surface area contributed by atoms with Crippen LogP contribution in [0.15, 0.2) is 9.59 Å². The maximum absolute atomic E-state index is 12.2. The molecule has 0 bridgehead atoms. The Kier molecular flexibility index (Phi) is 2.76. The summed E-state index contributed by atoms with van der Waals surface area (Å²) in [4.78, 5) is 28.2. The Bertz CT molecular complexity index is 720. The lowest BCUT2D eigenvalue weighted by molar-refractivity contribution is 0.349. The molecule has 7 heteroatoms. The van der Waals surface area contributed by atoms with Gasteiger partial charge in [-0.15, -0.1) is 0 Å². The summed E-state index contributed by atoms with van der Waals surface area (Å²) in [5.74, 6) is 0. The molecule has 0 aliphatic carbocycles. The van der Waals surface area contributed by atoms with Gasteiger partial charge in [0.25, 0.3) is 11.6 Å². The molecular formula is C11H16N4O3. The lowest BCUT2D eigenvalue weighted by Gasteiger charge is -2.11. The van der Waals surface area contributed by atoms with Crippen LogP contribution in [0.3, 0.4) is 0 Å². The quantitative estimate of drug-likeness (QED) is 0.755. The molecule has 0 aromatic carbocycles. The summed E-state index contributed by atoms with van der Waals surface area (Å²) in [6.45, 7) is 3.85. The molecule has 0 unspecified atom stereocenters. The zero-order chi connectivity index (χ0) is 13.6. The molecule has 98 valence electrons. The lowest BCUT2D eigenvalue weighted by atomic mass is 10.3. The van der Waals surface area contributed by atoms with Gasteiger partial charge in [-0.2, -0.15) is 4.98 Å². The number of fused-ring (bicyclic) bond motifs is 1. The van der Waals surface area contributed by atoms with Crippen LogP contribution in [0.5, 0.6) is 6.01 Å². The molecule has 0 aliphatic heterocycles. The summed E-state index contributed by atoms with van der Waals surface area (Å²) >= 11 is 0.